The molecular weight excluding hydrogens is 304 g/mol. The van der Waals surface area contributed by atoms with E-state index in [1.54, 1.807) is 31.4 Å². The molecule has 0 radical (unpaired) electrons. The van der Waals surface area contributed by atoms with Crippen molar-refractivity contribution in [3.05, 3.63) is 29.8 Å². The fraction of sp³-hybridized carbons (Fsp3) is 0.600. The molecule has 1 aromatic rings. The molecule has 4 fully saturated rings. The van der Waals surface area contributed by atoms with Crippen LogP contribution in [0.5, 0.6) is 5.75 Å². The van der Waals surface area contributed by atoms with Gasteiger partial charge in [0.25, 0.3) is 0 Å². The van der Waals surface area contributed by atoms with E-state index in [9.17, 15) is 9.59 Å². The molecule has 4 bridgehead atoms. The standard InChI is InChI=1S/C20H24O4/c1-23-17-4-2-16(3-5-17)19(22)24-12-18(21)20-9-13-6-14(10-20)8-15(7-13)11-20/h2-5,13-15H,6-12H2,1H3. The first-order chi connectivity index (χ1) is 11.6. The number of ether oxygens (including phenoxy) is 2. The number of hydrogen-bond donors (Lipinski definition) is 0. The van der Waals surface area contributed by atoms with Crippen LogP contribution in [-0.2, 0) is 9.53 Å². The van der Waals surface area contributed by atoms with Gasteiger partial charge in [0.15, 0.2) is 12.4 Å². The number of carbonyl (C=O) groups is 2. The maximum Gasteiger partial charge on any atom is 0.338 e. The highest BCUT2D eigenvalue weighted by molar-refractivity contribution is 5.93. The maximum atomic E-state index is 12.8. The van der Waals surface area contributed by atoms with Crippen LogP contribution in [0.2, 0.25) is 0 Å². The van der Waals surface area contributed by atoms with Crippen LogP contribution in [0, 0.1) is 23.2 Å². The maximum absolute atomic E-state index is 12.8. The predicted molar refractivity (Wildman–Crippen MR) is 88.9 cm³/mol. The highest BCUT2D eigenvalue weighted by Gasteiger charge is 2.54. The zero-order valence-electron chi connectivity index (χ0n) is 14.1. The number of esters is 1. The van der Waals surface area contributed by atoms with Gasteiger partial charge in [-0.05, 0) is 80.5 Å². The van der Waals surface area contributed by atoms with Crippen molar-refractivity contribution in [1.29, 1.82) is 0 Å². The molecule has 24 heavy (non-hydrogen) atoms. The SMILES string of the molecule is COc1ccc(C(=O)OCC(=O)C23CC4CC(CC(C4)C2)C3)cc1. The third kappa shape index (κ3) is 2.72. The van der Waals surface area contributed by atoms with E-state index in [-0.39, 0.29) is 17.8 Å². The van der Waals surface area contributed by atoms with Crippen LogP contribution in [0.3, 0.4) is 0 Å². The number of rotatable bonds is 5. The van der Waals surface area contributed by atoms with Crippen LogP contribution in [-0.4, -0.2) is 25.5 Å². The molecule has 0 aliphatic heterocycles. The number of methoxy groups -OCH3 is 1. The van der Waals surface area contributed by atoms with Gasteiger partial charge in [-0.2, -0.15) is 0 Å². The second-order valence-corrected chi connectivity index (χ2v) is 7.93. The molecule has 128 valence electrons. The highest BCUT2D eigenvalue weighted by Crippen LogP contribution is 2.60. The van der Waals surface area contributed by atoms with Crippen LogP contribution in [0.15, 0.2) is 24.3 Å². The number of benzene rings is 1. The van der Waals surface area contributed by atoms with Gasteiger partial charge in [0.05, 0.1) is 12.7 Å². The monoisotopic (exact) mass is 328 g/mol. The molecule has 4 saturated carbocycles. The summed E-state index contributed by atoms with van der Waals surface area (Å²) >= 11 is 0. The van der Waals surface area contributed by atoms with Gasteiger partial charge in [-0.25, -0.2) is 4.79 Å². The zero-order chi connectivity index (χ0) is 16.7. The zero-order valence-corrected chi connectivity index (χ0v) is 14.1. The molecule has 0 unspecified atom stereocenters. The molecule has 5 rings (SSSR count). The van der Waals surface area contributed by atoms with Gasteiger partial charge in [-0.1, -0.05) is 0 Å². The van der Waals surface area contributed by atoms with E-state index in [2.05, 4.69) is 0 Å². The van der Waals surface area contributed by atoms with Crippen LogP contribution in [0.4, 0.5) is 0 Å². The Morgan fingerprint density at radius 1 is 1.00 bits per heavy atom. The Balaban J connectivity index is 1.38. The highest BCUT2D eigenvalue weighted by atomic mass is 16.5. The number of carbonyl (C=O) groups excluding carboxylic acids is 2. The van der Waals surface area contributed by atoms with Crippen LogP contribution < -0.4 is 4.74 Å². The van der Waals surface area contributed by atoms with Crippen LogP contribution >= 0.6 is 0 Å². The van der Waals surface area contributed by atoms with Crippen molar-refractivity contribution in [3.63, 3.8) is 0 Å². The van der Waals surface area contributed by atoms with E-state index >= 15 is 0 Å². The average molecular weight is 328 g/mol. The van der Waals surface area contributed by atoms with E-state index in [0.29, 0.717) is 11.3 Å². The summed E-state index contributed by atoms with van der Waals surface area (Å²) in [6, 6.07) is 6.77. The van der Waals surface area contributed by atoms with E-state index in [4.69, 9.17) is 9.47 Å². The predicted octanol–water partition coefficient (Wildman–Crippen LogP) is 3.64. The first kappa shape index (κ1) is 15.7. The molecular formula is C20H24O4. The van der Waals surface area contributed by atoms with Crippen molar-refractivity contribution in [3.8, 4) is 5.75 Å². The van der Waals surface area contributed by atoms with E-state index in [1.165, 1.54) is 19.3 Å². The Labute approximate surface area is 142 Å². The van der Waals surface area contributed by atoms with Gasteiger partial charge in [0.2, 0.25) is 0 Å². The molecule has 4 heteroatoms. The minimum absolute atomic E-state index is 0.0863. The third-order valence-electron chi connectivity index (χ3n) is 6.29. The van der Waals surface area contributed by atoms with Gasteiger partial charge in [-0.15, -0.1) is 0 Å². The normalized spacial score (nSPS) is 33.3. The molecule has 4 nitrogen and oxygen atoms in total. The minimum atomic E-state index is -0.435. The first-order valence-electron chi connectivity index (χ1n) is 8.92. The van der Waals surface area contributed by atoms with Crippen LogP contribution in [0.1, 0.15) is 48.9 Å². The smallest absolute Gasteiger partial charge is 0.338 e. The molecule has 0 aromatic heterocycles. The van der Waals surface area contributed by atoms with Gasteiger partial charge < -0.3 is 9.47 Å². The quantitative estimate of drug-likeness (QED) is 0.774. The topological polar surface area (TPSA) is 52.6 Å². The van der Waals surface area contributed by atoms with Crippen molar-refractivity contribution in [2.45, 2.75) is 38.5 Å². The molecule has 4 aliphatic carbocycles. The number of ketones is 1. The summed E-state index contributed by atoms with van der Waals surface area (Å²) in [5.74, 6) is 2.56. The summed E-state index contributed by atoms with van der Waals surface area (Å²) < 4.78 is 10.4. The molecule has 1 aromatic carbocycles. The van der Waals surface area contributed by atoms with Crippen molar-refractivity contribution < 1.29 is 19.1 Å². The Hall–Kier alpha value is -1.84. The van der Waals surface area contributed by atoms with Crippen molar-refractivity contribution in [1.82, 2.24) is 0 Å². The van der Waals surface area contributed by atoms with Gasteiger partial charge in [0, 0.05) is 5.41 Å². The average Bonchev–Trinajstić information content (AvgIpc) is 2.58. The fourth-order valence-corrected chi connectivity index (χ4v) is 5.55. The molecule has 0 heterocycles. The first-order valence-corrected chi connectivity index (χ1v) is 8.92. The summed E-state index contributed by atoms with van der Waals surface area (Å²) in [5.41, 5.74) is 0.253. The summed E-state index contributed by atoms with van der Waals surface area (Å²) in [6.45, 7) is -0.0863. The summed E-state index contributed by atoms with van der Waals surface area (Å²) in [4.78, 5) is 25.0. The Morgan fingerprint density at radius 2 is 1.54 bits per heavy atom. The number of hydrogen-bond acceptors (Lipinski definition) is 4. The lowest BCUT2D eigenvalue weighted by Gasteiger charge is -2.55. The number of Topliss-reactive ketones (excluding diaryl/α,β-unsaturated/α-hetero) is 1. The van der Waals surface area contributed by atoms with E-state index in [1.807, 2.05) is 0 Å². The molecule has 4 aliphatic rings. The fourth-order valence-electron chi connectivity index (χ4n) is 5.55. The molecule has 0 spiro atoms. The van der Waals surface area contributed by atoms with Crippen molar-refractivity contribution >= 4 is 11.8 Å². The minimum Gasteiger partial charge on any atom is -0.497 e. The molecule has 0 saturated heterocycles. The third-order valence-corrected chi connectivity index (χ3v) is 6.29. The van der Waals surface area contributed by atoms with E-state index < -0.39 is 5.97 Å². The van der Waals surface area contributed by atoms with E-state index in [0.717, 1.165) is 37.0 Å². The summed E-state index contributed by atoms with van der Waals surface area (Å²) in [6.07, 6.45) is 6.95. The lowest BCUT2D eigenvalue weighted by molar-refractivity contribution is -0.147. The molecule has 0 N–H and O–H groups in total. The summed E-state index contributed by atoms with van der Waals surface area (Å²) in [5, 5.41) is 0. The Kier molecular flexibility index (Phi) is 3.86. The molecule has 0 atom stereocenters. The van der Waals surface area contributed by atoms with Gasteiger partial charge in [-0.3, -0.25) is 4.79 Å². The molecule has 0 amide bonds. The lowest BCUT2D eigenvalue weighted by atomic mass is 9.48. The van der Waals surface area contributed by atoms with Gasteiger partial charge in [0.1, 0.15) is 5.75 Å². The van der Waals surface area contributed by atoms with Gasteiger partial charge >= 0.3 is 5.97 Å². The Bertz CT molecular complexity index is 611. The Morgan fingerprint density at radius 3 is 2.04 bits per heavy atom. The second kappa shape index (κ2) is 5.91. The van der Waals surface area contributed by atoms with Crippen molar-refractivity contribution in [2.75, 3.05) is 13.7 Å². The second-order valence-electron chi connectivity index (χ2n) is 7.93. The van der Waals surface area contributed by atoms with Crippen LogP contribution in [0.25, 0.3) is 0 Å². The summed E-state index contributed by atoms with van der Waals surface area (Å²) in [7, 11) is 1.58. The van der Waals surface area contributed by atoms with Crippen molar-refractivity contribution in [2.24, 2.45) is 23.2 Å². The lowest BCUT2D eigenvalue weighted by Crippen LogP contribution is -2.51. The largest absolute Gasteiger partial charge is 0.497 e.